The maximum Gasteiger partial charge on any atom is 0.137 e. The molecule has 4 heterocycles. The van der Waals surface area contributed by atoms with E-state index in [2.05, 4.69) is 50.8 Å². The Kier molecular flexibility index (Phi) is 4.84. The molecule has 1 aliphatic heterocycles. The number of aryl methyl sites for hydroxylation is 1. The number of nitrogens with zero attached hydrogens (tertiary/aromatic N) is 3. The smallest absolute Gasteiger partial charge is 0.137 e. The summed E-state index contributed by atoms with van der Waals surface area (Å²) in [7, 11) is 1.97. The van der Waals surface area contributed by atoms with Crippen LogP contribution in [-0.4, -0.2) is 40.0 Å². The molecule has 1 atom stereocenters. The molecule has 0 amide bonds. The Labute approximate surface area is 160 Å². The average molecular weight is 361 g/mol. The summed E-state index contributed by atoms with van der Waals surface area (Å²) >= 11 is 0. The van der Waals surface area contributed by atoms with Gasteiger partial charge in [0.2, 0.25) is 0 Å². The maximum absolute atomic E-state index is 4.51. The van der Waals surface area contributed by atoms with Gasteiger partial charge < -0.3 is 15.2 Å². The van der Waals surface area contributed by atoms with Crippen LogP contribution in [0, 0.1) is 12.8 Å². The summed E-state index contributed by atoms with van der Waals surface area (Å²) in [5, 5.41) is 4.54. The molecule has 0 aromatic carbocycles. The monoisotopic (exact) mass is 361 g/mol. The lowest BCUT2D eigenvalue weighted by atomic mass is 9.89. The topological polar surface area (TPSA) is 56.8 Å². The molecular formula is C22H27N5. The summed E-state index contributed by atoms with van der Waals surface area (Å²) in [6.45, 7) is 8.54. The highest BCUT2D eigenvalue weighted by Crippen LogP contribution is 2.31. The zero-order valence-corrected chi connectivity index (χ0v) is 16.1. The minimum atomic E-state index is 0.598. The van der Waals surface area contributed by atoms with Gasteiger partial charge in [-0.1, -0.05) is 6.58 Å². The van der Waals surface area contributed by atoms with Crippen LogP contribution in [0.5, 0.6) is 0 Å². The van der Waals surface area contributed by atoms with Crippen molar-refractivity contribution >= 4 is 22.4 Å². The first kappa shape index (κ1) is 17.6. The normalized spacial score (nSPS) is 17.3. The minimum Gasteiger partial charge on any atom is -0.387 e. The number of H-pyrrole nitrogens is 1. The summed E-state index contributed by atoms with van der Waals surface area (Å²) < 4.78 is 0. The third-order valence-corrected chi connectivity index (χ3v) is 5.57. The highest BCUT2D eigenvalue weighted by atomic mass is 15.1. The Hall–Kier alpha value is -2.82. The van der Waals surface area contributed by atoms with Gasteiger partial charge in [-0.3, -0.25) is 4.98 Å². The molecule has 0 saturated carbocycles. The first-order valence-corrected chi connectivity index (χ1v) is 9.64. The molecule has 0 spiro atoms. The molecule has 27 heavy (non-hydrogen) atoms. The number of piperidine rings is 1. The molecule has 4 rings (SSSR count). The molecule has 1 unspecified atom stereocenters. The van der Waals surface area contributed by atoms with Gasteiger partial charge in [0.1, 0.15) is 5.65 Å². The van der Waals surface area contributed by atoms with Crippen LogP contribution in [-0.2, 0) is 6.42 Å². The summed E-state index contributed by atoms with van der Waals surface area (Å²) in [5.74, 6) is 0.598. The van der Waals surface area contributed by atoms with Crippen molar-refractivity contribution in [3.63, 3.8) is 0 Å². The van der Waals surface area contributed by atoms with Crippen LogP contribution in [0.2, 0.25) is 0 Å². The number of likely N-dealkylation sites (tertiary alicyclic amines) is 1. The quantitative estimate of drug-likeness (QED) is 0.714. The van der Waals surface area contributed by atoms with Gasteiger partial charge in [0.05, 0.1) is 11.9 Å². The van der Waals surface area contributed by atoms with Crippen molar-refractivity contribution in [2.24, 2.45) is 5.92 Å². The molecule has 0 aliphatic carbocycles. The predicted octanol–water partition coefficient (Wildman–Crippen LogP) is 4.23. The number of nitrogens with one attached hydrogen (secondary N) is 2. The Balaban J connectivity index is 1.54. The molecule has 1 aliphatic rings. The van der Waals surface area contributed by atoms with Crippen molar-refractivity contribution in [1.82, 2.24) is 19.9 Å². The number of hydrogen-bond acceptors (Lipinski definition) is 4. The van der Waals surface area contributed by atoms with E-state index < -0.39 is 0 Å². The third-order valence-electron chi connectivity index (χ3n) is 5.57. The number of aromatic amines is 1. The summed E-state index contributed by atoms with van der Waals surface area (Å²) in [4.78, 5) is 14.5. The Morgan fingerprint density at radius 2 is 2.26 bits per heavy atom. The van der Waals surface area contributed by atoms with Gasteiger partial charge in [-0.15, -0.1) is 0 Å². The third kappa shape index (κ3) is 3.54. The van der Waals surface area contributed by atoms with Gasteiger partial charge in [0.15, 0.2) is 0 Å². The number of hydrogen-bond donors (Lipinski definition) is 2. The van der Waals surface area contributed by atoms with Gasteiger partial charge >= 0.3 is 0 Å². The van der Waals surface area contributed by atoms with E-state index in [0.29, 0.717) is 5.92 Å². The fraction of sp³-hybridized carbons (Fsp3) is 0.364. The second kappa shape index (κ2) is 7.43. The SMILES string of the molecule is C=C(c1cncc(C)c1)N1CCCC(Cc2c(NC)cnc3[nH]ccc23)C1. The zero-order chi connectivity index (χ0) is 18.8. The Bertz CT molecular complexity index is 958. The van der Waals surface area contributed by atoms with E-state index in [0.717, 1.165) is 42.1 Å². The van der Waals surface area contributed by atoms with E-state index in [4.69, 9.17) is 0 Å². The van der Waals surface area contributed by atoms with Gasteiger partial charge in [-0.05, 0) is 55.4 Å². The number of pyridine rings is 2. The highest BCUT2D eigenvalue weighted by Gasteiger charge is 2.23. The second-order valence-corrected chi connectivity index (χ2v) is 7.50. The van der Waals surface area contributed by atoms with E-state index in [1.165, 1.54) is 29.4 Å². The average Bonchev–Trinajstić information content (AvgIpc) is 3.17. The van der Waals surface area contributed by atoms with Crippen LogP contribution in [0.3, 0.4) is 0 Å². The van der Waals surface area contributed by atoms with Crippen LogP contribution in [0.15, 0.2) is 43.5 Å². The Morgan fingerprint density at radius 3 is 3.07 bits per heavy atom. The lowest BCUT2D eigenvalue weighted by Gasteiger charge is -2.36. The van der Waals surface area contributed by atoms with Crippen molar-refractivity contribution in [1.29, 1.82) is 0 Å². The lowest BCUT2D eigenvalue weighted by molar-refractivity contribution is 0.246. The van der Waals surface area contributed by atoms with Gasteiger partial charge in [0.25, 0.3) is 0 Å². The molecule has 1 saturated heterocycles. The standard InChI is InChI=1S/C22H27N5/c1-15-9-18(12-24-11-15)16(2)27-8-4-5-17(14-27)10-20-19-6-7-25-22(19)26-13-21(20)23-3/h6-7,9,11-13,17,23H,2,4-5,8,10,14H2,1,3H3,(H,25,26). The predicted molar refractivity (Wildman–Crippen MR) is 112 cm³/mol. The molecule has 2 N–H and O–H groups in total. The Morgan fingerprint density at radius 1 is 1.37 bits per heavy atom. The van der Waals surface area contributed by atoms with Crippen LogP contribution in [0.1, 0.15) is 29.5 Å². The van der Waals surface area contributed by atoms with Gasteiger partial charge in [-0.2, -0.15) is 0 Å². The molecule has 5 nitrogen and oxygen atoms in total. The lowest BCUT2D eigenvalue weighted by Crippen LogP contribution is -2.35. The van der Waals surface area contributed by atoms with Crippen molar-refractivity contribution < 1.29 is 0 Å². The van der Waals surface area contributed by atoms with Crippen molar-refractivity contribution in [3.05, 3.63) is 60.2 Å². The summed E-state index contributed by atoms with van der Waals surface area (Å²) in [6.07, 6.45) is 11.2. The van der Waals surface area contributed by atoms with Crippen LogP contribution < -0.4 is 5.32 Å². The number of aromatic nitrogens is 3. The second-order valence-electron chi connectivity index (χ2n) is 7.50. The maximum atomic E-state index is 4.51. The largest absolute Gasteiger partial charge is 0.387 e. The molecule has 5 heteroatoms. The molecule has 0 radical (unpaired) electrons. The van der Waals surface area contributed by atoms with Crippen molar-refractivity contribution in [3.8, 4) is 0 Å². The van der Waals surface area contributed by atoms with E-state index >= 15 is 0 Å². The van der Waals surface area contributed by atoms with Gasteiger partial charge in [-0.25, -0.2) is 4.98 Å². The van der Waals surface area contributed by atoms with Crippen LogP contribution in [0.25, 0.3) is 16.7 Å². The number of anilines is 1. The van der Waals surface area contributed by atoms with Crippen molar-refractivity contribution in [2.75, 3.05) is 25.5 Å². The molecule has 3 aromatic rings. The van der Waals surface area contributed by atoms with E-state index in [-0.39, 0.29) is 0 Å². The minimum absolute atomic E-state index is 0.598. The molecular weight excluding hydrogens is 334 g/mol. The molecule has 0 bridgehead atoms. The first-order chi connectivity index (χ1) is 13.2. The molecule has 1 fully saturated rings. The van der Waals surface area contributed by atoms with Crippen LogP contribution in [0.4, 0.5) is 5.69 Å². The summed E-state index contributed by atoms with van der Waals surface area (Å²) in [5.41, 5.74) is 6.84. The molecule has 140 valence electrons. The summed E-state index contributed by atoms with van der Waals surface area (Å²) in [6, 6.07) is 4.31. The number of fused-ring (bicyclic) bond motifs is 1. The van der Waals surface area contributed by atoms with E-state index in [9.17, 15) is 0 Å². The first-order valence-electron chi connectivity index (χ1n) is 9.64. The van der Waals surface area contributed by atoms with Crippen molar-refractivity contribution in [2.45, 2.75) is 26.2 Å². The van der Waals surface area contributed by atoms with E-state index in [1.54, 1.807) is 0 Å². The highest BCUT2D eigenvalue weighted by molar-refractivity contribution is 5.84. The fourth-order valence-electron chi connectivity index (χ4n) is 4.16. The van der Waals surface area contributed by atoms with E-state index in [1.807, 2.05) is 31.8 Å². The zero-order valence-electron chi connectivity index (χ0n) is 16.1. The number of rotatable bonds is 5. The van der Waals surface area contributed by atoms with Crippen LogP contribution >= 0.6 is 0 Å². The van der Waals surface area contributed by atoms with Gasteiger partial charge in [0, 0.05) is 55.4 Å². The molecule has 3 aromatic heterocycles. The fourth-order valence-corrected chi connectivity index (χ4v) is 4.16.